The number of fused-ring (bicyclic) bond motifs is 2. The number of hydrogen-bond donors (Lipinski definition) is 1. The molecule has 3 atom stereocenters. The molecule has 0 aliphatic heterocycles. The van der Waals surface area contributed by atoms with Crippen LogP contribution in [0.25, 0.3) is 0 Å². The maximum atomic E-state index is 12.0. The van der Waals surface area contributed by atoms with Gasteiger partial charge in [0.05, 0.1) is 5.69 Å². The smallest absolute Gasteiger partial charge is 0.271 e. The second-order valence-electron chi connectivity index (χ2n) is 5.65. The predicted molar refractivity (Wildman–Crippen MR) is 72.6 cm³/mol. The fourth-order valence-electron chi connectivity index (χ4n) is 3.12. The summed E-state index contributed by atoms with van der Waals surface area (Å²) in [7, 11) is 0. The van der Waals surface area contributed by atoms with E-state index in [4.69, 9.17) is 0 Å². The quantitative estimate of drug-likeness (QED) is 0.844. The lowest BCUT2D eigenvalue weighted by atomic mass is 9.69. The summed E-state index contributed by atoms with van der Waals surface area (Å²) in [6.45, 7) is 2.61. The van der Waals surface area contributed by atoms with E-state index < -0.39 is 0 Å². The van der Waals surface area contributed by atoms with E-state index in [-0.39, 0.29) is 5.91 Å². The van der Waals surface area contributed by atoms with Crippen molar-refractivity contribution in [1.82, 2.24) is 15.5 Å². The zero-order valence-corrected chi connectivity index (χ0v) is 11.2. The van der Waals surface area contributed by atoms with Crippen molar-refractivity contribution in [2.24, 2.45) is 17.8 Å². The average Bonchev–Trinajstić information content (AvgIpc) is 2.47. The molecule has 1 heterocycles. The maximum Gasteiger partial charge on any atom is 0.271 e. The van der Waals surface area contributed by atoms with E-state index in [1.807, 2.05) is 13.0 Å². The summed E-state index contributed by atoms with van der Waals surface area (Å²) < 4.78 is 0. The minimum absolute atomic E-state index is 0.113. The Kier molecular flexibility index (Phi) is 3.32. The molecule has 3 aliphatic rings. The molecule has 4 rings (SSSR count). The van der Waals surface area contributed by atoms with Gasteiger partial charge in [0, 0.05) is 6.54 Å². The molecule has 1 amide bonds. The van der Waals surface area contributed by atoms with Crippen molar-refractivity contribution < 1.29 is 4.79 Å². The number of amides is 1. The lowest BCUT2D eigenvalue weighted by Crippen LogP contribution is -2.37. The Bertz CT molecular complexity index is 495. The van der Waals surface area contributed by atoms with E-state index in [2.05, 4.69) is 27.7 Å². The Balaban J connectivity index is 1.56. The van der Waals surface area contributed by atoms with Crippen LogP contribution in [0, 0.1) is 24.7 Å². The first-order valence-corrected chi connectivity index (χ1v) is 6.99. The molecule has 100 valence electrons. The Morgan fingerprint density at radius 2 is 2.21 bits per heavy atom. The molecule has 0 radical (unpaired) electrons. The Morgan fingerprint density at radius 1 is 1.32 bits per heavy atom. The van der Waals surface area contributed by atoms with E-state index in [0.29, 0.717) is 17.5 Å². The highest BCUT2D eigenvalue weighted by Gasteiger charge is 2.31. The summed E-state index contributed by atoms with van der Waals surface area (Å²) in [6, 6.07) is 3.54. The third-order valence-electron chi connectivity index (χ3n) is 4.27. The standard InChI is InChI=1S/C15H19N3O/c1-10-2-7-14(18-17-10)15(19)16-9-13-8-11-3-5-12(13)6-4-11/h2-3,5,7,11-13H,4,6,8-9H2,1H3,(H,16,19). The van der Waals surface area contributed by atoms with Gasteiger partial charge in [-0.1, -0.05) is 12.2 Å². The van der Waals surface area contributed by atoms with Gasteiger partial charge in [-0.15, -0.1) is 5.10 Å². The first-order chi connectivity index (χ1) is 9.22. The van der Waals surface area contributed by atoms with Crippen LogP contribution in [0.15, 0.2) is 24.3 Å². The minimum Gasteiger partial charge on any atom is -0.350 e. The molecule has 1 fully saturated rings. The molecule has 1 saturated carbocycles. The Hall–Kier alpha value is -1.71. The van der Waals surface area contributed by atoms with Crippen LogP contribution in [0.4, 0.5) is 0 Å². The number of carbonyl (C=O) groups excluding carboxylic acids is 1. The van der Waals surface area contributed by atoms with Gasteiger partial charge in [-0.3, -0.25) is 4.79 Å². The molecule has 3 aliphatic carbocycles. The summed E-state index contributed by atoms with van der Waals surface area (Å²) in [5.41, 5.74) is 1.23. The fraction of sp³-hybridized carbons (Fsp3) is 0.533. The van der Waals surface area contributed by atoms with Gasteiger partial charge in [-0.25, -0.2) is 0 Å². The number of aryl methyl sites for hydroxylation is 1. The number of nitrogens with zero attached hydrogens (tertiary/aromatic N) is 2. The van der Waals surface area contributed by atoms with Gasteiger partial charge >= 0.3 is 0 Å². The van der Waals surface area contributed by atoms with Crippen molar-refractivity contribution >= 4 is 5.91 Å². The highest BCUT2D eigenvalue weighted by Crippen LogP contribution is 2.39. The van der Waals surface area contributed by atoms with E-state index in [0.717, 1.165) is 18.2 Å². The van der Waals surface area contributed by atoms with Crippen LogP contribution in [0.5, 0.6) is 0 Å². The zero-order valence-electron chi connectivity index (χ0n) is 11.2. The molecule has 0 aromatic carbocycles. The van der Waals surface area contributed by atoms with Gasteiger partial charge in [0.1, 0.15) is 0 Å². The Morgan fingerprint density at radius 3 is 2.79 bits per heavy atom. The normalized spacial score (nSPS) is 28.4. The van der Waals surface area contributed by atoms with Crippen LogP contribution in [0.1, 0.15) is 35.4 Å². The SMILES string of the molecule is Cc1ccc(C(=O)NCC2CC3C=CC2CC3)nn1. The van der Waals surface area contributed by atoms with Crippen molar-refractivity contribution in [3.05, 3.63) is 35.7 Å². The summed E-state index contributed by atoms with van der Waals surface area (Å²) in [6.07, 6.45) is 8.47. The first kappa shape index (κ1) is 12.3. The summed E-state index contributed by atoms with van der Waals surface area (Å²) >= 11 is 0. The lowest BCUT2D eigenvalue weighted by Gasteiger charge is -2.38. The molecule has 4 heteroatoms. The predicted octanol–water partition coefficient (Wildman–Crippen LogP) is 2.12. The number of allylic oxidation sites excluding steroid dienone is 2. The van der Waals surface area contributed by atoms with Crippen LogP contribution in [-0.2, 0) is 0 Å². The van der Waals surface area contributed by atoms with E-state index in [1.54, 1.807) is 6.07 Å². The van der Waals surface area contributed by atoms with Gasteiger partial charge in [0.25, 0.3) is 5.91 Å². The second-order valence-corrected chi connectivity index (χ2v) is 5.65. The highest BCUT2D eigenvalue weighted by molar-refractivity contribution is 5.92. The first-order valence-electron chi connectivity index (χ1n) is 6.99. The van der Waals surface area contributed by atoms with Crippen molar-refractivity contribution in [1.29, 1.82) is 0 Å². The van der Waals surface area contributed by atoms with Crippen molar-refractivity contribution in [3.8, 4) is 0 Å². The molecule has 0 spiro atoms. The number of nitrogens with one attached hydrogen (secondary N) is 1. The molecule has 2 bridgehead atoms. The Labute approximate surface area is 113 Å². The van der Waals surface area contributed by atoms with Crippen molar-refractivity contribution in [2.75, 3.05) is 6.54 Å². The summed E-state index contributed by atoms with van der Waals surface area (Å²) in [5, 5.41) is 10.8. The van der Waals surface area contributed by atoms with Crippen LogP contribution in [0.3, 0.4) is 0 Å². The van der Waals surface area contributed by atoms with Gasteiger partial charge in [-0.2, -0.15) is 5.10 Å². The lowest BCUT2D eigenvalue weighted by molar-refractivity contribution is 0.0926. The molecular formula is C15H19N3O. The molecule has 3 unspecified atom stereocenters. The molecule has 1 N–H and O–H groups in total. The summed E-state index contributed by atoms with van der Waals surface area (Å²) in [4.78, 5) is 12.0. The van der Waals surface area contributed by atoms with Crippen molar-refractivity contribution in [2.45, 2.75) is 26.2 Å². The molecule has 1 aromatic heterocycles. The number of hydrogen-bond acceptors (Lipinski definition) is 3. The third-order valence-corrected chi connectivity index (χ3v) is 4.27. The minimum atomic E-state index is -0.113. The van der Waals surface area contributed by atoms with Crippen LogP contribution < -0.4 is 5.32 Å². The molecule has 1 aromatic rings. The molecule has 19 heavy (non-hydrogen) atoms. The van der Waals surface area contributed by atoms with Crippen LogP contribution >= 0.6 is 0 Å². The average molecular weight is 257 g/mol. The largest absolute Gasteiger partial charge is 0.350 e. The van der Waals surface area contributed by atoms with E-state index >= 15 is 0 Å². The summed E-state index contributed by atoms with van der Waals surface area (Å²) in [5.74, 6) is 1.85. The third kappa shape index (κ3) is 2.67. The van der Waals surface area contributed by atoms with Gasteiger partial charge in [0.15, 0.2) is 5.69 Å². The van der Waals surface area contributed by atoms with Crippen LogP contribution in [-0.4, -0.2) is 22.6 Å². The monoisotopic (exact) mass is 257 g/mol. The van der Waals surface area contributed by atoms with E-state index in [1.165, 1.54) is 19.3 Å². The molecule has 0 saturated heterocycles. The second kappa shape index (κ2) is 5.11. The number of aromatic nitrogens is 2. The van der Waals surface area contributed by atoms with Crippen molar-refractivity contribution in [3.63, 3.8) is 0 Å². The van der Waals surface area contributed by atoms with Gasteiger partial charge < -0.3 is 5.32 Å². The number of rotatable bonds is 3. The van der Waals surface area contributed by atoms with E-state index in [9.17, 15) is 4.79 Å². The van der Waals surface area contributed by atoms with Gasteiger partial charge in [0.2, 0.25) is 0 Å². The topological polar surface area (TPSA) is 54.9 Å². The van der Waals surface area contributed by atoms with Gasteiger partial charge in [-0.05, 0) is 56.1 Å². The maximum absolute atomic E-state index is 12.0. The number of carbonyl (C=O) groups is 1. The highest BCUT2D eigenvalue weighted by atomic mass is 16.1. The molecular weight excluding hydrogens is 238 g/mol. The van der Waals surface area contributed by atoms with Crippen LogP contribution in [0.2, 0.25) is 0 Å². The fourth-order valence-corrected chi connectivity index (χ4v) is 3.12. The zero-order chi connectivity index (χ0) is 13.2. The molecule has 4 nitrogen and oxygen atoms in total.